The average molecular weight is 559 g/mol. The molecule has 2 aromatic carbocycles. The summed E-state index contributed by atoms with van der Waals surface area (Å²) in [5.74, 6) is -5.41. The van der Waals surface area contributed by atoms with E-state index in [1.54, 1.807) is 9.80 Å². The molecule has 0 aromatic heterocycles. The summed E-state index contributed by atoms with van der Waals surface area (Å²) in [7, 11) is 0. The summed E-state index contributed by atoms with van der Waals surface area (Å²) in [5.41, 5.74) is -0.401. The van der Waals surface area contributed by atoms with E-state index in [1.807, 2.05) is 0 Å². The Bertz CT molecular complexity index is 1380. The van der Waals surface area contributed by atoms with Crippen molar-refractivity contribution in [2.75, 3.05) is 13.1 Å². The molecule has 3 heterocycles. The Morgan fingerprint density at radius 3 is 1.98 bits per heavy atom. The minimum atomic E-state index is -1.84. The number of ketones is 1. The zero-order valence-electron chi connectivity index (χ0n) is 21.4. The second kappa shape index (κ2) is 10.5. The number of aliphatic hydroxyl groups excluding tert-OH is 1. The molecule has 2 unspecified atom stereocenters. The number of hydrogen-bond donors (Lipinski definition) is 7. The summed E-state index contributed by atoms with van der Waals surface area (Å²) < 4.78 is 6.01. The van der Waals surface area contributed by atoms with Crippen LogP contribution in [0.1, 0.15) is 58.8 Å². The van der Waals surface area contributed by atoms with E-state index in [0.29, 0.717) is 38.8 Å². The van der Waals surface area contributed by atoms with Crippen LogP contribution < -0.4 is 4.74 Å². The molecule has 2 aromatic rings. The fourth-order valence-electron chi connectivity index (χ4n) is 5.91. The topological polar surface area (TPSA) is 209 Å². The number of carbonyl (C=O) groups is 3. The Balaban J connectivity index is 1.63. The number of benzene rings is 2. The van der Waals surface area contributed by atoms with E-state index in [9.17, 15) is 50.1 Å². The molecular weight excluding hydrogens is 528 g/mol. The quantitative estimate of drug-likeness (QED) is 0.239. The van der Waals surface area contributed by atoms with Crippen LogP contribution in [0.5, 0.6) is 28.7 Å². The number of fused-ring (bicyclic) bond motifs is 1. The zero-order valence-corrected chi connectivity index (χ0v) is 21.4. The van der Waals surface area contributed by atoms with E-state index >= 15 is 0 Å². The van der Waals surface area contributed by atoms with Gasteiger partial charge in [0, 0.05) is 13.1 Å². The Morgan fingerprint density at radius 2 is 1.43 bits per heavy atom. The number of aliphatic carboxylic acids is 2. The Labute approximate surface area is 228 Å². The number of likely N-dealkylation sites (tertiary alicyclic amines) is 2. The minimum absolute atomic E-state index is 0.00951. The van der Waals surface area contributed by atoms with Gasteiger partial charge in [-0.2, -0.15) is 0 Å². The van der Waals surface area contributed by atoms with E-state index in [1.165, 1.54) is 6.07 Å². The number of carboxylic acid groups (broad SMARTS) is 2. The third-order valence-electron chi connectivity index (χ3n) is 7.99. The first kappa shape index (κ1) is 27.5. The van der Waals surface area contributed by atoms with Crippen molar-refractivity contribution in [2.45, 2.75) is 63.1 Å². The lowest BCUT2D eigenvalue weighted by Crippen LogP contribution is -2.39. The molecule has 2 saturated heterocycles. The summed E-state index contributed by atoms with van der Waals surface area (Å²) in [6.07, 6.45) is -1.35. The second-order valence-corrected chi connectivity index (χ2v) is 10.4. The van der Waals surface area contributed by atoms with Crippen LogP contribution in [0.25, 0.3) is 0 Å². The van der Waals surface area contributed by atoms with Gasteiger partial charge in [0.15, 0.2) is 23.7 Å². The van der Waals surface area contributed by atoms with Crippen LogP contribution >= 0.6 is 0 Å². The smallest absolute Gasteiger partial charge is 0.320 e. The summed E-state index contributed by atoms with van der Waals surface area (Å²) in [6, 6.07) is 1.86. The highest BCUT2D eigenvalue weighted by Crippen LogP contribution is 2.50. The lowest BCUT2D eigenvalue weighted by atomic mass is 9.88. The lowest BCUT2D eigenvalue weighted by molar-refractivity contribution is -0.143. The molecule has 0 radical (unpaired) electrons. The fraction of sp³-hybridized carbons (Fsp3) is 0.444. The zero-order chi connectivity index (χ0) is 28.9. The molecule has 4 atom stereocenters. The van der Waals surface area contributed by atoms with Gasteiger partial charge in [-0.15, -0.1) is 0 Å². The van der Waals surface area contributed by atoms with E-state index in [2.05, 4.69) is 0 Å². The van der Waals surface area contributed by atoms with Gasteiger partial charge in [0.05, 0.1) is 11.1 Å². The third-order valence-corrected chi connectivity index (χ3v) is 7.99. The molecule has 5 rings (SSSR count). The van der Waals surface area contributed by atoms with Crippen LogP contribution in [0.3, 0.4) is 0 Å². The predicted octanol–water partition coefficient (Wildman–Crippen LogP) is 1.28. The Morgan fingerprint density at radius 1 is 0.850 bits per heavy atom. The van der Waals surface area contributed by atoms with E-state index in [-0.39, 0.29) is 35.5 Å². The van der Waals surface area contributed by atoms with Crippen LogP contribution in [0.2, 0.25) is 0 Å². The molecule has 0 bridgehead atoms. The van der Waals surface area contributed by atoms with Gasteiger partial charge >= 0.3 is 11.9 Å². The van der Waals surface area contributed by atoms with E-state index in [4.69, 9.17) is 4.74 Å². The van der Waals surface area contributed by atoms with Crippen LogP contribution in [0.15, 0.2) is 18.2 Å². The van der Waals surface area contributed by atoms with Crippen molar-refractivity contribution in [2.24, 2.45) is 0 Å². The molecule has 0 amide bonds. The molecule has 214 valence electrons. The Kier molecular flexibility index (Phi) is 7.21. The molecule has 0 saturated carbocycles. The molecule has 0 aliphatic carbocycles. The van der Waals surface area contributed by atoms with Gasteiger partial charge in [0.25, 0.3) is 0 Å². The van der Waals surface area contributed by atoms with Crippen LogP contribution in [-0.4, -0.2) is 94.5 Å². The highest BCUT2D eigenvalue weighted by atomic mass is 16.5. The van der Waals surface area contributed by atoms with Gasteiger partial charge in [-0.05, 0) is 56.5 Å². The maximum Gasteiger partial charge on any atom is 0.320 e. The number of nitrogens with zero attached hydrogens (tertiary/aromatic N) is 2. The predicted molar refractivity (Wildman–Crippen MR) is 135 cm³/mol. The van der Waals surface area contributed by atoms with Gasteiger partial charge in [0.1, 0.15) is 34.9 Å². The standard InChI is InChI=1S/C27H30N2O11/c30-17-6-5-12(9-18(17)31)24-23(35)22(34)19-21(33)13(10-28-7-1-3-15(28)26(36)37)20(32)14(25(19)40-24)11-29-8-2-4-16(29)27(38)39/h5-6,9,15-16,23-24,30-33,35H,1-4,7-8,10-11H2,(H,36,37)(H,38,39)/t15?,16?,23-,24+/m1/s1. The molecule has 13 nitrogen and oxygen atoms in total. The number of ether oxygens (including phenoxy) is 1. The summed E-state index contributed by atoms with van der Waals surface area (Å²) in [4.78, 5) is 40.2. The number of aromatic hydroxyl groups is 4. The van der Waals surface area contributed by atoms with Crippen LogP contribution in [-0.2, 0) is 22.7 Å². The van der Waals surface area contributed by atoms with Crippen molar-refractivity contribution in [1.82, 2.24) is 9.80 Å². The number of carboxylic acids is 2. The Hall–Kier alpha value is -4.07. The highest BCUT2D eigenvalue weighted by Gasteiger charge is 2.44. The number of Topliss-reactive ketones (excluding diaryl/α,β-unsaturated/α-hetero) is 1. The number of aliphatic hydroxyl groups is 1. The number of carbonyl (C=O) groups excluding carboxylic acids is 1. The van der Waals surface area contributed by atoms with Crippen molar-refractivity contribution >= 4 is 17.7 Å². The first-order valence-corrected chi connectivity index (χ1v) is 12.9. The minimum Gasteiger partial charge on any atom is -0.507 e. The largest absolute Gasteiger partial charge is 0.507 e. The molecule has 40 heavy (non-hydrogen) atoms. The summed E-state index contributed by atoms with van der Waals surface area (Å²) in [5, 5.41) is 72.5. The third kappa shape index (κ3) is 4.65. The molecule has 13 heteroatoms. The maximum atomic E-state index is 13.5. The van der Waals surface area contributed by atoms with Gasteiger partial charge in [-0.25, -0.2) is 0 Å². The molecule has 7 N–H and O–H groups in total. The molecule has 0 spiro atoms. The second-order valence-electron chi connectivity index (χ2n) is 10.4. The first-order valence-electron chi connectivity index (χ1n) is 12.9. The van der Waals surface area contributed by atoms with E-state index < -0.39 is 70.6 Å². The van der Waals surface area contributed by atoms with Gasteiger partial charge in [-0.1, -0.05) is 6.07 Å². The van der Waals surface area contributed by atoms with Crippen molar-refractivity contribution in [1.29, 1.82) is 0 Å². The number of phenolic OH excluding ortho intramolecular Hbond substituents is 4. The monoisotopic (exact) mass is 558 g/mol. The van der Waals surface area contributed by atoms with Crippen molar-refractivity contribution in [3.8, 4) is 28.7 Å². The number of rotatable bonds is 7. The first-order chi connectivity index (χ1) is 19.0. The molecule has 2 fully saturated rings. The number of hydrogen-bond acceptors (Lipinski definition) is 11. The summed E-state index contributed by atoms with van der Waals surface area (Å²) >= 11 is 0. The molecular formula is C27H30N2O11. The molecule has 3 aliphatic heterocycles. The van der Waals surface area contributed by atoms with Crippen LogP contribution in [0, 0.1) is 0 Å². The van der Waals surface area contributed by atoms with Crippen LogP contribution in [0.4, 0.5) is 0 Å². The van der Waals surface area contributed by atoms with E-state index in [0.717, 1.165) is 12.1 Å². The van der Waals surface area contributed by atoms with Gasteiger partial charge in [0.2, 0.25) is 5.78 Å². The number of phenols is 4. The van der Waals surface area contributed by atoms with Gasteiger partial charge < -0.3 is 40.5 Å². The SMILES string of the molecule is O=C(O)C1CCCN1Cc1c(O)c(CN2CCCC2C(=O)O)c2c(c1O)C(=O)[C@@H](O)[C@H](c1ccc(O)c(O)c1)O2. The highest BCUT2D eigenvalue weighted by molar-refractivity contribution is 6.06. The lowest BCUT2D eigenvalue weighted by Gasteiger charge is -2.34. The summed E-state index contributed by atoms with van der Waals surface area (Å²) in [6.45, 7) is 0.364. The normalized spacial score (nSPS) is 25.1. The fourth-order valence-corrected chi connectivity index (χ4v) is 5.91. The van der Waals surface area contributed by atoms with Crippen molar-refractivity contribution in [3.63, 3.8) is 0 Å². The van der Waals surface area contributed by atoms with Gasteiger partial charge in [-0.3, -0.25) is 24.2 Å². The molecule has 3 aliphatic rings. The average Bonchev–Trinajstić information content (AvgIpc) is 3.57. The van der Waals surface area contributed by atoms with Crippen molar-refractivity contribution < 1.29 is 54.9 Å². The maximum absolute atomic E-state index is 13.5. The van der Waals surface area contributed by atoms with Crippen molar-refractivity contribution in [3.05, 3.63) is 40.5 Å².